The summed E-state index contributed by atoms with van der Waals surface area (Å²) in [5.74, 6) is -0.313. The quantitative estimate of drug-likeness (QED) is 0.795. The molecule has 3 atom stereocenters. The van der Waals surface area contributed by atoms with E-state index in [0.717, 1.165) is 24.1 Å². The third-order valence-corrected chi connectivity index (χ3v) is 5.18. The molecule has 142 valence electrons. The number of hydrogen-bond acceptors (Lipinski definition) is 3. The van der Waals surface area contributed by atoms with E-state index in [-0.39, 0.29) is 23.8 Å². The Kier molecular flexibility index (Phi) is 4.81. The molecule has 4 nitrogen and oxygen atoms in total. The number of rotatable bonds is 7. The second-order valence-electron chi connectivity index (χ2n) is 7.55. The maximum absolute atomic E-state index is 13.4. The van der Waals surface area contributed by atoms with Gasteiger partial charge in [-0.15, -0.1) is 0 Å². The van der Waals surface area contributed by atoms with Crippen LogP contribution >= 0.6 is 0 Å². The summed E-state index contributed by atoms with van der Waals surface area (Å²) in [6, 6.07) is 6.90. The molecule has 6 heteroatoms. The third-order valence-electron chi connectivity index (χ3n) is 5.18. The van der Waals surface area contributed by atoms with Gasteiger partial charge in [0.1, 0.15) is 17.4 Å². The van der Waals surface area contributed by atoms with Crippen LogP contribution in [0, 0.1) is 23.5 Å². The van der Waals surface area contributed by atoms with Gasteiger partial charge < -0.3 is 10.1 Å². The predicted octanol–water partition coefficient (Wildman–Crippen LogP) is 4.13. The molecule has 0 aliphatic heterocycles. The fourth-order valence-electron chi connectivity index (χ4n) is 3.27. The van der Waals surface area contributed by atoms with Gasteiger partial charge >= 0.3 is 0 Å². The topological polar surface area (TPSA) is 51.2 Å². The minimum Gasteiger partial charge on any atom is -0.492 e. The highest BCUT2D eigenvalue weighted by molar-refractivity contribution is 5.83. The number of halogens is 2. The molecule has 2 aliphatic carbocycles. The Balaban J connectivity index is 1.31. The fraction of sp³-hybridized carbons (Fsp3) is 0.429. The molecule has 2 aliphatic rings. The van der Waals surface area contributed by atoms with Crippen molar-refractivity contribution in [3.63, 3.8) is 0 Å². The smallest absolute Gasteiger partial charge is 0.224 e. The number of pyridine rings is 1. The van der Waals surface area contributed by atoms with Gasteiger partial charge in [-0.25, -0.2) is 8.78 Å². The number of nitrogens with zero attached hydrogens (tertiary/aromatic N) is 1. The van der Waals surface area contributed by atoms with Gasteiger partial charge in [0.15, 0.2) is 0 Å². The summed E-state index contributed by atoms with van der Waals surface area (Å²) in [4.78, 5) is 16.8. The number of carbonyl (C=O) groups is 1. The first kappa shape index (κ1) is 17.9. The van der Waals surface area contributed by atoms with Crippen LogP contribution in [-0.2, 0) is 4.79 Å². The van der Waals surface area contributed by atoms with Gasteiger partial charge in [-0.1, -0.05) is 0 Å². The number of ether oxygens (including phenoxy) is 1. The molecule has 0 saturated heterocycles. The third kappa shape index (κ3) is 4.43. The number of nitrogens with one attached hydrogen (secondary N) is 1. The average Bonchev–Trinajstić information content (AvgIpc) is 3.54. The second kappa shape index (κ2) is 7.25. The van der Waals surface area contributed by atoms with Crippen molar-refractivity contribution in [3.05, 3.63) is 59.4 Å². The van der Waals surface area contributed by atoms with Gasteiger partial charge in [-0.05, 0) is 67.9 Å². The molecule has 4 rings (SSSR count). The molecular formula is C21H22F2N2O2. The van der Waals surface area contributed by atoms with Crippen LogP contribution in [0.15, 0.2) is 36.5 Å². The zero-order valence-corrected chi connectivity index (χ0v) is 15.1. The minimum absolute atomic E-state index is 0.118. The Labute approximate surface area is 157 Å². The zero-order chi connectivity index (χ0) is 19.0. The number of amides is 1. The SMILES string of the molecule is C[C@@H](NC(=O)C1CC1c1cc(F)cc(F)c1)c1ccc(OCC2CC2)cn1. The first-order valence-electron chi connectivity index (χ1n) is 9.34. The van der Waals surface area contributed by atoms with Crippen LogP contribution < -0.4 is 10.1 Å². The first-order valence-corrected chi connectivity index (χ1v) is 9.34. The lowest BCUT2D eigenvalue weighted by Gasteiger charge is -2.14. The van der Waals surface area contributed by atoms with Crippen molar-refractivity contribution in [2.75, 3.05) is 6.61 Å². The van der Waals surface area contributed by atoms with Crippen molar-refractivity contribution in [3.8, 4) is 5.75 Å². The van der Waals surface area contributed by atoms with Crippen LogP contribution in [0.4, 0.5) is 8.78 Å². The molecule has 1 aromatic carbocycles. The predicted molar refractivity (Wildman–Crippen MR) is 96.2 cm³/mol. The Morgan fingerprint density at radius 2 is 2.00 bits per heavy atom. The van der Waals surface area contributed by atoms with E-state index in [1.807, 2.05) is 19.1 Å². The maximum atomic E-state index is 13.4. The summed E-state index contributed by atoms with van der Waals surface area (Å²) in [7, 11) is 0. The molecule has 0 spiro atoms. The van der Waals surface area contributed by atoms with E-state index in [9.17, 15) is 13.6 Å². The van der Waals surface area contributed by atoms with Gasteiger partial charge in [0.2, 0.25) is 5.91 Å². The number of hydrogen-bond donors (Lipinski definition) is 1. The number of carbonyl (C=O) groups excluding carboxylic acids is 1. The van der Waals surface area contributed by atoms with Crippen LogP contribution in [0.5, 0.6) is 5.75 Å². The Bertz CT molecular complexity index is 816. The summed E-state index contributed by atoms with van der Waals surface area (Å²) in [6.07, 6.45) is 4.75. The Morgan fingerprint density at radius 1 is 1.26 bits per heavy atom. The van der Waals surface area contributed by atoms with Crippen molar-refractivity contribution in [1.29, 1.82) is 0 Å². The maximum Gasteiger partial charge on any atom is 0.224 e. The first-order chi connectivity index (χ1) is 13.0. The van der Waals surface area contributed by atoms with E-state index in [2.05, 4.69) is 10.3 Å². The lowest BCUT2D eigenvalue weighted by molar-refractivity contribution is -0.123. The van der Waals surface area contributed by atoms with Gasteiger partial charge in [-0.2, -0.15) is 0 Å². The molecule has 1 aromatic heterocycles. The average molecular weight is 372 g/mol. The molecule has 2 aromatic rings. The van der Waals surface area contributed by atoms with Crippen molar-refractivity contribution in [2.24, 2.45) is 11.8 Å². The largest absolute Gasteiger partial charge is 0.492 e. The van der Waals surface area contributed by atoms with Crippen LogP contribution in [0.3, 0.4) is 0 Å². The van der Waals surface area contributed by atoms with Crippen LogP contribution in [0.25, 0.3) is 0 Å². The molecule has 0 radical (unpaired) electrons. The van der Waals surface area contributed by atoms with Gasteiger partial charge in [-0.3, -0.25) is 9.78 Å². The molecule has 2 fully saturated rings. The van der Waals surface area contributed by atoms with Gasteiger partial charge in [0, 0.05) is 12.0 Å². The number of aromatic nitrogens is 1. The van der Waals surface area contributed by atoms with E-state index in [4.69, 9.17) is 4.74 Å². The van der Waals surface area contributed by atoms with E-state index in [1.165, 1.54) is 25.0 Å². The Morgan fingerprint density at radius 3 is 2.63 bits per heavy atom. The van der Waals surface area contributed by atoms with Crippen LogP contribution in [-0.4, -0.2) is 17.5 Å². The highest BCUT2D eigenvalue weighted by Crippen LogP contribution is 2.48. The van der Waals surface area contributed by atoms with Crippen molar-refractivity contribution < 1.29 is 18.3 Å². The second-order valence-corrected chi connectivity index (χ2v) is 7.55. The monoisotopic (exact) mass is 372 g/mol. The molecule has 27 heavy (non-hydrogen) atoms. The summed E-state index contributed by atoms with van der Waals surface area (Å²) < 4.78 is 32.4. The van der Waals surface area contributed by atoms with E-state index < -0.39 is 11.6 Å². The highest BCUT2D eigenvalue weighted by atomic mass is 19.1. The normalized spacial score (nSPS) is 22.2. The standard InChI is InChI=1S/C21H22F2N2O2/c1-12(20-5-4-17(10-24-20)27-11-13-2-3-13)25-21(26)19-9-18(19)14-6-15(22)8-16(23)7-14/h4-8,10,12-13,18-19H,2-3,9,11H2,1H3,(H,25,26)/t12-,18?,19?/m1/s1. The highest BCUT2D eigenvalue weighted by Gasteiger charge is 2.44. The summed E-state index contributed by atoms with van der Waals surface area (Å²) in [5.41, 5.74) is 1.28. The molecule has 2 saturated carbocycles. The van der Waals surface area contributed by atoms with Gasteiger partial charge in [0.05, 0.1) is 24.5 Å². The van der Waals surface area contributed by atoms with Crippen molar-refractivity contribution >= 4 is 5.91 Å². The minimum atomic E-state index is -0.613. The molecule has 2 unspecified atom stereocenters. The van der Waals surface area contributed by atoms with E-state index >= 15 is 0 Å². The lowest BCUT2D eigenvalue weighted by Crippen LogP contribution is -2.29. The molecular weight excluding hydrogens is 350 g/mol. The van der Waals surface area contributed by atoms with E-state index in [1.54, 1.807) is 6.20 Å². The van der Waals surface area contributed by atoms with Crippen molar-refractivity contribution in [2.45, 2.75) is 38.1 Å². The molecule has 0 bridgehead atoms. The summed E-state index contributed by atoms with van der Waals surface area (Å²) in [5, 5.41) is 2.94. The van der Waals surface area contributed by atoms with E-state index in [0.29, 0.717) is 17.9 Å². The van der Waals surface area contributed by atoms with Gasteiger partial charge in [0.25, 0.3) is 0 Å². The Hall–Kier alpha value is -2.50. The van der Waals surface area contributed by atoms with Crippen LogP contribution in [0.1, 0.15) is 49.4 Å². The fourth-order valence-corrected chi connectivity index (χ4v) is 3.27. The zero-order valence-electron chi connectivity index (χ0n) is 15.1. The van der Waals surface area contributed by atoms with Crippen LogP contribution in [0.2, 0.25) is 0 Å². The lowest BCUT2D eigenvalue weighted by atomic mass is 10.1. The van der Waals surface area contributed by atoms with Crippen molar-refractivity contribution in [1.82, 2.24) is 10.3 Å². The number of benzene rings is 1. The summed E-state index contributed by atoms with van der Waals surface area (Å²) >= 11 is 0. The molecule has 1 amide bonds. The molecule has 1 N–H and O–H groups in total. The summed E-state index contributed by atoms with van der Waals surface area (Å²) in [6.45, 7) is 2.60. The molecule has 1 heterocycles.